The molecule has 4 heteroatoms. The van der Waals surface area contributed by atoms with Crippen LogP contribution in [0.2, 0.25) is 5.02 Å². The first kappa shape index (κ1) is 13.0. The largest absolute Gasteiger partial charge is 0.439 e. The fourth-order valence-electron chi connectivity index (χ4n) is 2.25. The molecule has 0 saturated carbocycles. The van der Waals surface area contributed by atoms with Crippen LogP contribution in [0.4, 0.5) is 5.69 Å². The second kappa shape index (κ2) is 5.17. The summed E-state index contributed by atoms with van der Waals surface area (Å²) >= 11 is 6.09. The highest BCUT2D eigenvalue weighted by Crippen LogP contribution is 2.27. The highest BCUT2D eigenvalue weighted by atomic mass is 35.5. The Morgan fingerprint density at radius 3 is 2.65 bits per heavy atom. The zero-order chi connectivity index (χ0) is 14.1. The van der Waals surface area contributed by atoms with Crippen molar-refractivity contribution in [2.45, 2.75) is 19.3 Å². The Bertz CT molecular complexity index is 734. The van der Waals surface area contributed by atoms with Crippen LogP contribution in [0.5, 0.6) is 0 Å². The van der Waals surface area contributed by atoms with Gasteiger partial charge in [0.05, 0.1) is 5.02 Å². The highest BCUT2D eigenvalue weighted by Gasteiger charge is 2.13. The molecule has 0 saturated heterocycles. The molecule has 0 bridgehead atoms. The number of rotatable bonds is 3. The number of nitrogens with two attached hydrogens (primary N) is 1. The number of hydrogen-bond acceptors (Lipinski definition) is 3. The van der Waals surface area contributed by atoms with E-state index in [1.54, 1.807) is 0 Å². The molecule has 2 aromatic carbocycles. The van der Waals surface area contributed by atoms with E-state index in [0.717, 1.165) is 17.6 Å². The second-order valence-electron chi connectivity index (χ2n) is 4.97. The molecular weight excluding hydrogens is 272 g/mol. The minimum absolute atomic E-state index is 0.308. The summed E-state index contributed by atoms with van der Waals surface area (Å²) in [7, 11) is 0. The molecule has 0 aliphatic heterocycles. The van der Waals surface area contributed by atoms with Crippen LogP contribution in [0.25, 0.3) is 11.1 Å². The van der Waals surface area contributed by atoms with Crippen molar-refractivity contribution >= 4 is 28.4 Å². The number of fused-ring (bicyclic) bond motifs is 1. The number of halogens is 1. The molecule has 1 aromatic heterocycles. The van der Waals surface area contributed by atoms with Crippen molar-refractivity contribution < 1.29 is 4.42 Å². The third-order valence-electron chi connectivity index (χ3n) is 3.40. The molecule has 0 radical (unpaired) electrons. The van der Waals surface area contributed by atoms with Crippen molar-refractivity contribution in [1.82, 2.24) is 4.98 Å². The minimum atomic E-state index is 0.308. The van der Waals surface area contributed by atoms with Gasteiger partial charge in [0, 0.05) is 12.1 Å². The average molecular weight is 287 g/mol. The number of aromatic nitrogens is 1. The predicted molar refractivity (Wildman–Crippen MR) is 82.0 cm³/mol. The van der Waals surface area contributed by atoms with Gasteiger partial charge in [0.2, 0.25) is 0 Å². The molecule has 0 spiro atoms. The van der Waals surface area contributed by atoms with E-state index >= 15 is 0 Å². The van der Waals surface area contributed by atoms with Crippen molar-refractivity contribution in [1.29, 1.82) is 0 Å². The summed E-state index contributed by atoms with van der Waals surface area (Å²) in [6.45, 7) is 2.14. The maximum absolute atomic E-state index is 6.09. The molecule has 1 heterocycles. The van der Waals surface area contributed by atoms with E-state index in [1.807, 2.05) is 42.5 Å². The molecule has 3 rings (SSSR count). The van der Waals surface area contributed by atoms with Gasteiger partial charge in [-0.15, -0.1) is 0 Å². The van der Waals surface area contributed by atoms with Crippen molar-refractivity contribution in [3.05, 3.63) is 58.9 Å². The fourth-order valence-corrected chi connectivity index (χ4v) is 2.46. The fraction of sp³-hybridized carbons (Fsp3) is 0.188. The number of nitrogen functional groups attached to an aromatic ring is 1. The first-order valence-electron chi connectivity index (χ1n) is 6.53. The number of para-hydroxylation sites is 1. The first-order valence-corrected chi connectivity index (χ1v) is 6.90. The van der Waals surface area contributed by atoms with Crippen LogP contribution in [0.3, 0.4) is 0 Å². The summed E-state index contributed by atoms with van der Waals surface area (Å²) in [6, 6.07) is 13.5. The normalized spacial score (nSPS) is 12.7. The zero-order valence-corrected chi connectivity index (χ0v) is 11.9. The lowest BCUT2D eigenvalue weighted by atomic mass is 9.98. The monoisotopic (exact) mass is 286 g/mol. The van der Waals surface area contributed by atoms with Crippen molar-refractivity contribution in [3.63, 3.8) is 0 Å². The summed E-state index contributed by atoms with van der Waals surface area (Å²) in [5, 5.41) is 0.599. The smallest absolute Gasteiger partial charge is 0.196 e. The summed E-state index contributed by atoms with van der Waals surface area (Å²) in [5.74, 6) is 1.01. The van der Waals surface area contributed by atoms with Crippen LogP contribution >= 0.6 is 11.6 Å². The molecule has 20 heavy (non-hydrogen) atoms. The number of anilines is 1. The van der Waals surface area contributed by atoms with Crippen molar-refractivity contribution in [2.75, 3.05) is 5.73 Å². The SMILES string of the molecule is CC(Cc1nc2cccc(Cl)c2o1)c1ccc(N)cc1. The lowest BCUT2D eigenvalue weighted by molar-refractivity contribution is 0.508. The lowest BCUT2D eigenvalue weighted by Crippen LogP contribution is -1.99. The van der Waals surface area contributed by atoms with Crippen LogP contribution in [-0.2, 0) is 6.42 Å². The van der Waals surface area contributed by atoms with Gasteiger partial charge < -0.3 is 10.2 Å². The zero-order valence-electron chi connectivity index (χ0n) is 11.1. The van der Waals surface area contributed by atoms with Crippen LogP contribution in [-0.4, -0.2) is 4.98 Å². The topological polar surface area (TPSA) is 52.0 Å². The maximum Gasteiger partial charge on any atom is 0.196 e. The van der Waals surface area contributed by atoms with Crippen LogP contribution in [0, 0.1) is 0 Å². The average Bonchev–Trinajstić information content (AvgIpc) is 2.83. The van der Waals surface area contributed by atoms with E-state index in [-0.39, 0.29) is 0 Å². The van der Waals surface area contributed by atoms with Crippen molar-refractivity contribution in [2.24, 2.45) is 0 Å². The molecule has 0 aliphatic rings. The number of hydrogen-bond donors (Lipinski definition) is 1. The molecule has 3 aromatic rings. The van der Waals surface area contributed by atoms with Crippen LogP contribution in [0.15, 0.2) is 46.9 Å². The van der Waals surface area contributed by atoms with Gasteiger partial charge in [0.25, 0.3) is 0 Å². The first-order chi connectivity index (χ1) is 9.63. The molecule has 0 fully saturated rings. The van der Waals surface area contributed by atoms with Gasteiger partial charge in [-0.3, -0.25) is 0 Å². The Balaban J connectivity index is 1.85. The number of nitrogens with zero attached hydrogens (tertiary/aromatic N) is 1. The number of oxazole rings is 1. The summed E-state index contributed by atoms with van der Waals surface area (Å²) in [6.07, 6.45) is 0.731. The van der Waals surface area contributed by atoms with Crippen LogP contribution in [0.1, 0.15) is 24.3 Å². The van der Waals surface area contributed by atoms with Gasteiger partial charge in [-0.25, -0.2) is 4.98 Å². The Labute approximate surface area is 122 Å². The van der Waals surface area contributed by atoms with E-state index in [2.05, 4.69) is 11.9 Å². The number of benzene rings is 2. The summed E-state index contributed by atoms with van der Waals surface area (Å²) < 4.78 is 5.75. The molecule has 0 aliphatic carbocycles. The third kappa shape index (κ3) is 2.49. The molecule has 0 amide bonds. The molecule has 1 atom stereocenters. The maximum atomic E-state index is 6.09. The second-order valence-corrected chi connectivity index (χ2v) is 5.37. The van der Waals surface area contributed by atoms with Gasteiger partial charge in [0.15, 0.2) is 11.5 Å². The quantitative estimate of drug-likeness (QED) is 0.726. The molecule has 3 nitrogen and oxygen atoms in total. The summed E-state index contributed by atoms with van der Waals surface area (Å²) in [4.78, 5) is 4.48. The lowest BCUT2D eigenvalue weighted by Gasteiger charge is -2.09. The van der Waals surface area contributed by atoms with Gasteiger partial charge in [-0.1, -0.05) is 36.7 Å². The molecule has 102 valence electrons. The van der Waals surface area contributed by atoms with E-state index in [4.69, 9.17) is 21.8 Å². The van der Waals surface area contributed by atoms with E-state index in [9.17, 15) is 0 Å². The van der Waals surface area contributed by atoms with Crippen molar-refractivity contribution in [3.8, 4) is 0 Å². The molecular formula is C16H15ClN2O. The van der Waals surface area contributed by atoms with Gasteiger partial charge in [-0.05, 0) is 35.7 Å². The highest BCUT2D eigenvalue weighted by molar-refractivity contribution is 6.34. The Hall–Kier alpha value is -2.00. The predicted octanol–water partition coefficient (Wildman–Crippen LogP) is 4.41. The Morgan fingerprint density at radius 2 is 1.95 bits per heavy atom. The van der Waals surface area contributed by atoms with E-state index in [1.165, 1.54) is 5.56 Å². The molecule has 2 N–H and O–H groups in total. The van der Waals surface area contributed by atoms with E-state index < -0.39 is 0 Å². The summed E-state index contributed by atoms with van der Waals surface area (Å²) in [5.41, 5.74) is 9.15. The standard InChI is InChI=1S/C16H15ClN2O/c1-10(11-5-7-12(18)8-6-11)9-15-19-14-4-2-3-13(17)16(14)20-15/h2-8,10H,9,18H2,1H3. The Morgan fingerprint density at radius 1 is 1.20 bits per heavy atom. The van der Waals surface area contributed by atoms with Gasteiger partial charge in [-0.2, -0.15) is 0 Å². The van der Waals surface area contributed by atoms with Gasteiger partial charge >= 0.3 is 0 Å². The van der Waals surface area contributed by atoms with Gasteiger partial charge in [0.1, 0.15) is 5.52 Å². The third-order valence-corrected chi connectivity index (χ3v) is 3.70. The molecule has 1 unspecified atom stereocenters. The minimum Gasteiger partial charge on any atom is -0.439 e. The van der Waals surface area contributed by atoms with Crippen LogP contribution < -0.4 is 5.73 Å². The Kier molecular flexibility index (Phi) is 3.36. The van der Waals surface area contributed by atoms with E-state index in [0.29, 0.717) is 22.4 Å².